The van der Waals surface area contributed by atoms with E-state index in [1.165, 1.54) is 35.1 Å². The van der Waals surface area contributed by atoms with Gasteiger partial charge in [-0.3, -0.25) is 19.5 Å². The van der Waals surface area contributed by atoms with Crippen LogP contribution in [0.4, 0.5) is 9.52 Å². The van der Waals surface area contributed by atoms with Crippen LogP contribution in [0.25, 0.3) is 5.76 Å². The Morgan fingerprint density at radius 3 is 2.49 bits per heavy atom. The van der Waals surface area contributed by atoms with Crippen molar-refractivity contribution in [3.8, 4) is 0 Å². The Morgan fingerprint density at radius 1 is 1.05 bits per heavy atom. The van der Waals surface area contributed by atoms with Gasteiger partial charge in [0.1, 0.15) is 11.6 Å². The van der Waals surface area contributed by atoms with Crippen LogP contribution in [-0.4, -0.2) is 32.0 Å². The number of pyridine rings is 1. The van der Waals surface area contributed by atoms with Crippen molar-refractivity contribution in [2.45, 2.75) is 29.5 Å². The van der Waals surface area contributed by atoms with E-state index in [1.54, 1.807) is 30.3 Å². The molecule has 186 valence electrons. The maximum Gasteiger partial charge on any atom is 0.301 e. The number of hydrogen-bond donors (Lipinski definition) is 1. The number of carbonyl (C=O) groups excluding carboxylic acids is 2. The molecule has 0 spiro atoms. The van der Waals surface area contributed by atoms with Gasteiger partial charge in [-0.15, -0.1) is 10.2 Å². The molecule has 5 rings (SSSR count). The third-order valence-corrected chi connectivity index (χ3v) is 8.12. The van der Waals surface area contributed by atoms with Crippen LogP contribution in [0.5, 0.6) is 0 Å². The SMILES string of the molecule is CCc1ccc(C2C(=C(O)c3ccncc3)C(=O)C(=O)N2c2nnc(SCc3ccccc3F)s2)cc1. The van der Waals surface area contributed by atoms with E-state index in [0.29, 0.717) is 26.8 Å². The summed E-state index contributed by atoms with van der Waals surface area (Å²) in [6.07, 6.45) is 3.83. The molecule has 4 aromatic rings. The first-order valence-electron chi connectivity index (χ1n) is 11.5. The molecule has 10 heteroatoms. The van der Waals surface area contributed by atoms with Crippen LogP contribution in [0, 0.1) is 5.82 Å². The number of rotatable bonds is 7. The number of Topliss-reactive ketones (excluding diaryl/α,β-unsaturated/α-hetero) is 1. The van der Waals surface area contributed by atoms with Gasteiger partial charge >= 0.3 is 5.91 Å². The van der Waals surface area contributed by atoms with Gasteiger partial charge in [0, 0.05) is 23.7 Å². The number of nitrogens with zero attached hydrogens (tertiary/aromatic N) is 4. The summed E-state index contributed by atoms with van der Waals surface area (Å²) in [7, 11) is 0. The Kier molecular flexibility index (Phi) is 7.11. The van der Waals surface area contributed by atoms with Gasteiger partial charge in [0.05, 0.1) is 11.6 Å². The summed E-state index contributed by atoms with van der Waals surface area (Å²) in [5.74, 6) is -1.87. The Hall–Kier alpha value is -3.89. The summed E-state index contributed by atoms with van der Waals surface area (Å²) in [5, 5.41) is 19.7. The van der Waals surface area contributed by atoms with Crippen molar-refractivity contribution in [2.75, 3.05) is 4.90 Å². The molecule has 0 bridgehead atoms. The fourth-order valence-electron chi connectivity index (χ4n) is 4.06. The number of thioether (sulfide) groups is 1. The lowest BCUT2D eigenvalue weighted by Crippen LogP contribution is -2.29. The second kappa shape index (κ2) is 10.6. The average Bonchev–Trinajstić information content (AvgIpc) is 3.50. The summed E-state index contributed by atoms with van der Waals surface area (Å²) in [6.45, 7) is 2.03. The van der Waals surface area contributed by atoms with Gasteiger partial charge in [0.15, 0.2) is 4.34 Å². The van der Waals surface area contributed by atoms with Gasteiger partial charge in [0.2, 0.25) is 5.13 Å². The number of carbonyl (C=O) groups is 2. The molecule has 37 heavy (non-hydrogen) atoms. The Bertz CT molecular complexity index is 1490. The number of aryl methyl sites for hydroxylation is 1. The molecule has 3 heterocycles. The zero-order valence-corrected chi connectivity index (χ0v) is 21.3. The minimum atomic E-state index is -0.892. The Morgan fingerprint density at radius 2 is 1.78 bits per heavy atom. The van der Waals surface area contributed by atoms with Gasteiger partial charge in [-0.2, -0.15) is 0 Å². The highest BCUT2D eigenvalue weighted by Gasteiger charge is 2.48. The highest BCUT2D eigenvalue weighted by molar-refractivity contribution is 8.00. The molecule has 1 aliphatic rings. The van der Waals surface area contributed by atoms with Crippen molar-refractivity contribution in [3.63, 3.8) is 0 Å². The second-order valence-electron chi connectivity index (χ2n) is 8.23. The lowest BCUT2D eigenvalue weighted by Gasteiger charge is -2.22. The van der Waals surface area contributed by atoms with Gasteiger partial charge < -0.3 is 5.11 Å². The van der Waals surface area contributed by atoms with Gasteiger partial charge in [0.25, 0.3) is 5.78 Å². The number of benzene rings is 2. The standard InChI is InChI=1S/C27H21FN4O3S2/c1-2-16-7-9-17(10-8-16)22-21(23(33)18-11-13-29-14-12-18)24(34)25(35)32(22)26-30-31-27(37-26)36-15-19-5-3-4-6-20(19)28/h3-14,22,33H,2,15H2,1H3. The van der Waals surface area contributed by atoms with Crippen LogP contribution in [0.15, 0.2) is 83.0 Å². The largest absolute Gasteiger partial charge is 0.507 e. The summed E-state index contributed by atoms with van der Waals surface area (Å²) >= 11 is 2.42. The Labute approximate surface area is 220 Å². The molecule has 1 fully saturated rings. The molecule has 2 aromatic carbocycles. The molecular weight excluding hydrogens is 511 g/mol. The first-order chi connectivity index (χ1) is 18.0. The maximum atomic E-state index is 14.0. The summed E-state index contributed by atoms with van der Waals surface area (Å²) in [5.41, 5.74) is 2.62. The van der Waals surface area contributed by atoms with Crippen LogP contribution in [0.3, 0.4) is 0 Å². The Balaban J connectivity index is 1.54. The van der Waals surface area contributed by atoms with E-state index < -0.39 is 17.7 Å². The number of ketones is 1. The lowest BCUT2D eigenvalue weighted by atomic mass is 9.95. The highest BCUT2D eigenvalue weighted by Crippen LogP contribution is 2.44. The van der Waals surface area contributed by atoms with E-state index in [1.807, 2.05) is 31.2 Å². The van der Waals surface area contributed by atoms with Crippen molar-refractivity contribution in [1.82, 2.24) is 15.2 Å². The minimum Gasteiger partial charge on any atom is -0.507 e. The molecule has 1 unspecified atom stereocenters. The molecule has 2 aromatic heterocycles. The van der Waals surface area contributed by atoms with Crippen LogP contribution in [0.2, 0.25) is 0 Å². The lowest BCUT2D eigenvalue weighted by molar-refractivity contribution is -0.132. The van der Waals surface area contributed by atoms with Crippen LogP contribution in [-0.2, 0) is 21.8 Å². The monoisotopic (exact) mass is 532 g/mol. The van der Waals surface area contributed by atoms with E-state index in [-0.39, 0.29) is 22.3 Å². The molecule has 0 radical (unpaired) electrons. The van der Waals surface area contributed by atoms with Crippen molar-refractivity contribution < 1.29 is 19.1 Å². The van der Waals surface area contributed by atoms with Gasteiger partial charge in [-0.25, -0.2) is 4.39 Å². The van der Waals surface area contributed by atoms with Crippen molar-refractivity contribution >= 4 is 45.7 Å². The average molecular weight is 533 g/mol. The van der Waals surface area contributed by atoms with Crippen molar-refractivity contribution in [3.05, 3.63) is 107 Å². The normalized spacial score (nSPS) is 16.9. The third-order valence-electron chi connectivity index (χ3n) is 6.01. The highest BCUT2D eigenvalue weighted by atomic mass is 32.2. The number of halogens is 1. The van der Waals surface area contributed by atoms with Gasteiger partial charge in [-0.1, -0.05) is 72.5 Å². The van der Waals surface area contributed by atoms with Crippen molar-refractivity contribution in [2.24, 2.45) is 0 Å². The van der Waals surface area contributed by atoms with E-state index in [0.717, 1.165) is 23.3 Å². The van der Waals surface area contributed by atoms with Crippen LogP contribution < -0.4 is 4.90 Å². The fraction of sp³-hybridized carbons (Fsp3) is 0.148. The van der Waals surface area contributed by atoms with E-state index in [9.17, 15) is 19.1 Å². The maximum absolute atomic E-state index is 14.0. The molecule has 7 nitrogen and oxygen atoms in total. The van der Waals surface area contributed by atoms with Gasteiger partial charge in [-0.05, 0) is 41.3 Å². The van der Waals surface area contributed by atoms with Crippen molar-refractivity contribution in [1.29, 1.82) is 0 Å². The topological polar surface area (TPSA) is 96.3 Å². The first-order valence-corrected chi connectivity index (χ1v) is 13.3. The van der Waals surface area contributed by atoms with E-state index in [4.69, 9.17) is 0 Å². The predicted octanol–water partition coefficient (Wildman–Crippen LogP) is 5.55. The second-order valence-corrected chi connectivity index (χ2v) is 10.4. The molecule has 0 saturated carbocycles. The molecule has 0 aliphatic carbocycles. The molecule has 1 amide bonds. The summed E-state index contributed by atoms with van der Waals surface area (Å²) < 4.78 is 14.5. The first kappa shape index (κ1) is 24.8. The number of aromatic nitrogens is 3. The zero-order chi connectivity index (χ0) is 25.9. The number of aliphatic hydroxyl groups is 1. The molecule has 1 atom stereocenters. The fourth-order valence-corrected chi connectivity index (χ4v) is 5.91. The minimum absolute atomic E-state index is 0.0313. The number of aliphatic hydroxyl groups excluding tert-OH is 1. The van der Waals surface area contributed by atoms with E-state index in [2.05, 4.69) is 15.2 Å². The van der Waals surface area contributed by atoms with Crippen LogP contribution in [0.1, 0.15) is 35.2 Å². The third kappa shape index (κ3) is 4.90. The molecule has 1 N–H and O–H groups in total. The smallest absolute Gasteiger partial charge is 0.301 e. The number of hydrogen-bond acceptors (Lipinski definition) is 8. The van der Waals surface area contributed by atoms with Crippen LogP contribution >= 0.6 is 23.1 Å². The molecule has 1 saturated heterocycles. The molecular formula is C27H21FN4O3S2. The number of anilines is 1. The number of amides is 1. The quantitative estimate of drug-likeness (QED) is 0.110. The van der Waals surface area contributed by atoms with E-state index >= 15 is 0 Å². The predicted molar refractivity (Wildman–Crippen MR) is 141 cm³/mol. The molecule has 1 aliphatic heterocycles. The summed E-state index contributed by atoms with van der Waals surface area (Å²) in [6, 6.07) is 16.3. The summed E-state index contributed by atoms with van der Waals surface area (Å²) in [4.78, 5) is 31.8. The zero-order valence-electron chi connectivity index (χ0n) is 19.7.